The van der Waals surface area contributed by atoms with Crippen LogP contribution in [0.15, 0.2) is 18.2 Å². The van der Waals surface area contributed by atoms with Gasteiger partial charge in [-0.05, 0) is 33.8 Å². The number of nitrogens with one attached hydrogen (secondary N) is 1. The molecule has 0 aliphatic rings. The zero-order valence-electron chi connectivity index (χ0n) is 12.3. The highest BCUT2D eigenvalue weighted by molar-refractivity contribution is 5.48. The second kappa shape index (κ2) is 6.67. The molecular formula is C14H22N2O4. The zero-order chi connectivity index (χ0) is 15.3. The van der Waals surface area contributed by atoms with Crippen molar-refractivity contribution in [2.75, 3.05) is 13.2 Å². The number of nitro benzene ring substituents is 1. The maximum Gasteiger partial charge on any atom is 0.276 e. The van der Waals surface area contributed by atoms with Gasteiger partial charge in [0.2, 0.25) is 0 Å². The van der Waals surface area contributed by atoms with E-state index < -0.39 is 11.0 Å². The number of aliphatic hydroxyl groups excluding tert-OH is 1. The van der Waals surface area contributed by atoms with Gasteiger partial charge in [0.1, 0.15) is 18.5 Å². The Labute approximate surface area is 118 Å². The molecule has 6 nitrogen and oxygen atoms in total. The molecule has 20 heavy (non-hydrogen) atoms. The van der Waals surface area contributed by atoms with Gasteiger partial charge in [0, 0.05) is 18.2 Å². The average molecular weight is 282 g/mol. The number of nitro groups is 1. The molecule has 1 unspecified atom stereocenters. The van der Waals surface area contributed by atoms with Gasteiger partial charge in [-0.15, -0.1) is 0 Å². The Bertz CT molecular complexity index is 469. The first-order valence-corrected chi connectivity index (χ1v) is 6.50. The lowest BCUT2D eigenvalue weighted by molar-refractivity contribution is -0.385. The minimum atomic E-state index is -0.673. The molecule has 0 heterocycles. The van der Waals surface area contributed by atoms with Gasteiger partial charge in [0.25, 0.3) is 5.69 Å². The Morgan fingerprint density at radius 2 is 2.10 bits per heavy atom. The maximum absolute atomic E-state index is 10.8. The third-order valence-electron chi connectivity index (χ3n) is 2.75. The predicted octanol–water partition coefficient (Wildman–Crippen LogP) is 2.03. The van der Waals surface area contributed by atoms with Gasteiger partial charge in [-0.25, -0.2) is 0 Å². The van der Waals surface area contributed by atoms with E-state index in [1.165, 1.54) is 6.07 Å². The molecule has 6 heteroatoms. The van der Waals surface area contributed by atoms with Crippen molar-refractivity contribution >= 4 is 5.69 Å². The summed E-state index contributed by atoms with van der Waals surface area (Å²) in [5, 5.41) is 23.8. The lowest BCUT2D eigenvalue weighted by Gasteiger charge is -2.23. The third kappa shape index (κ3) is 5.14. The van der Waals surface area contributed by atoms with Crippen LogP contribution in [0.2, 0.25) is 0 Å². The van der Waals surface area contributed by atoms with Crippen molar-refractivity contribution in [3.8, 4) is 5.75 Å². The number of hydrogen-bond acceptors (Lipinski definition) is 5. The van der Waals surface area contributed by atoms with Gasteiger partial charge in [-0.3, -0.25) is 10.1 Å². The molecule has 0 bridgehead atoms. The van der Waals surface area contributed by atoms with Crippen LogP contribution in [0.3, 0.4) is 0 Å². The average Bonchev–Trinajstić information content (AvgIpc) is 2.34. The van der Waals surface area contributed by atoms with Crippen LogP contribution in [0.25, 0.3) is 0 Å². The van der Waals surface area contributed by atoms with Gasteiger partial charge >= 0.3 is 0 Å². The van der Waals surface area contributed by atoms with Crippen molar-refractivity contribution in [3.05, 3.63) is 33.9 Å². The van der Waals surface area contributed by atoms with Gasteiger partial charge < -0.3 is 15.2 Å². The molecule has 0 spiro atoms. The van der Waals surface area contributed by atoms with Crippen LogP contribution in [-0.4, -0.2) is 34.8 Å². The molecule has 0 saturated carbocycles. The molecule has 0 radical (unpaired) electrons. The van der Waals surface area contributed by atoms with E-state index in [-0.39, 0.29) is 17.8 Å². The summed E-state index contributed by atoms with van der Waals surface area (Å²) >= 11 is 0. The van der Waals surface area contributed by atoms with Crippen LogP contribution < -0.4 is 10.1 Å². The minimum absolute atomic E-state index is 0.0183. The lowest BCUT2D eigenvalue weighted by atomic mass is 10.1. The molecule has 0 saturated heterocycles. The lowest BCUT2D eigenvalue weighted by Crippen LogP contribution is -2.42. The summed E-state index contributed by atoms with van der Waals surface area (Å²) in [5.41, 5.74) is 0.404. The first kappa shape index (κ1) is 16.4. The molecule has 0 aliphatic carbocycles. The normalized spacial score (nSPS) is 13.1. The van der Waals surface area contributed by atoms with E-state index in [1.54, 1.807) is 19.1 Å². The fraction of sp³-hybridized carbons (Fsp3) is 0.571. The first-order valence-electron chi connectivity index (χ1n) is 6.50. The van der Waals surface area contributed by atoms with Crippen LogP contribution in [0, 0.1) is 17.0 Å². The van der Waals surface area contributed by atoms with Gasteiger partial charge in [0.15, 0.2) is 0 Å². The van der Waals surface area contributed by atoms with Crippen LogP contribution >= 0.6 is 0 Å². The highest BCUT2D eigenvalue weighted by Gasteiger charge is 2.16. The zero-order valence-corrected chi connectivity index (χ0v) is 12.3. The Morgan fingerprint density at radius 1 is 1.45 bits per heavy atom. The molecule has 0 aromatic heterocycles. The van der Waals surface area contributed by atoms with E-state index in [0.717, 1.165) is 0 Å². The Hall–Kier alpha value is -1.66. The van der Waals surface area contributed by atoms with Crippen molar-refractivity contribution < 1.29 is 14.8 Å². The number of nitrogens with zero attached hydrogens (tertiary/aromatic N) is 1. The van der Waals surface area contributed by atoms with Crippen molar-refractivity contribution in [3.63, 3.8) is 0 Å². The fourth-order valence-corrected chi connectivity index (χ4v) is 1.63. The van der Waals surface area contributed by atoms with Crippen LogP contribution in [0.1, 0.15) is 26.3 Å². The molecule has 1 aromatic carbocycles. The monoisotopic (exact) mass is 282 g/mol. The topological polar surface area (TPSA) is 84.6 Å². The Kier molecular flexibility index (Phi) is 5.47. The summed E-state index contributed by atoms with van der Waals surface area (Å²) in [6, 6.07) is 4.66. The minimum Gasteiger partial charge on any atom is -0.490 e. The van der Waals surface area contributed by atoms with Gasteiger partial charge in [-0.1, -0.05) is 6.07 Å². The second-order valence-electron chi connectivity index (χ2n) is 5.75. The van der Waals surface area contributed by atoms with Crippen molar-refractivity contribution in [2.45, 2.75) is 39.3 Å². The van der Waals surface area contributed by atoms with Crippen molar-refractivity contribution in [1.82, 2.24) is 5.32 Å². The fourth-order valence-electron chi connectivity index (χ4n) is 1.63. The number of benzene rings is 1. The number of aliphatic hydroxyl groups is 1. The molecule has 2 N–H and O–H groups in total. The highest BCUT2D eigenvalue weighted by atomic mass is 16.6. The van der Waals surface area contributed by atoms with Crippen molar-refractivity contribution in [1.29, 1.82) is 0 Å². The number of rotatable bonds is 6. The largest absolute Gasteiger partial charge is 0.490 e. The summed E-state index contributed by atoms with van der Waals surface area (Å²) in [5.74, 6) is 0.425. The van der Waals surface area contributed by atoms with E-state index in [1.807, 2.05) is 20.8 Å². The standard InChI is InChI=1S/C14H22N2O4/c1-10-12(16(18)19)6-5-7-13(10)20-9-11(17)8-15-14(2,3)4/h5-7,11,15,17H,8-9H2,1-4H3. The van der Waals surface area contributed by atoms with Crippen LogP contribution in [-0.2, 0) is 0 Å². The highest BCUT2D eigenvalue weighted by Crippen LogP contribution is 2.26. The maximum atomic E-state index is 10.8. The Balaban J connectivity index is 2.58. The molecule has 0 fully saturated rings. The van der Waals surface area contributed by atoms with Gasteiger partial charge in [0.05, 0.1) is 10.5 Å². The summed E-state index contributed by atoms with van der Waals surface area (Å²) in [7, 11) is 0. The van der Waals surface area contributed by atoms with Crippen LogP contribution in [0.4, 0.5) is 5.69 Å². The summed E-state index contributed by atoms with van der Waals surface area (Å²) in [6.45, 7) is 8.14. The van der Waals surface area contributed by atoms with Gasteiger partial charge in [-0.2, -0.15) is 0 Å². The Morgan fingerprint density at radius 3 is 2.65 bits per heavy atom. The van der Waals surface area contributed by atoms with Crippen LogP contribution in [0.5, 0.6) is 5.75 Å². The van der Waals surface area contributed by atoms with E-state index in [2.05, 4.69) is 5.32 Å². The van der Waals surface area contributed by atoms with E-state index in [9.17, 15) is 15.2 Å². The molecule has 112 valence electrons. The SMILES string of the molecule is Cc1c(OCC(O)CNC(C)(C)C)cccc1[N+](=O)[O-]. The second-order valence-corrected chi connectivity index (χ2v) is 5.75. The predicted molar refractivity (Wildman–Crippen MR) is 77.1 cm³/mol. The smallest absolute Gasteiger partial charge is 0.276 e. The first-order chi connectivity index (χ1) is 9.20. The molecule has 1 aromatic rings. The van der Waals surface area contributed by atoms with E-state index in [0.29, 0.717) is 17.9 Å². The van der Waals surface area contributed by atoms with E-state index >= 15 is 0 Å². The number of hydrogen-bond donors (Lipinski definition) is 2. The van der Waals surface area contributed by atoms with E-state index in [4.69, 9.17) is 4.74 Å². The molecular weight excluding hydrogens is 260 g/mol. The molecule has 0 amide bonds. The quantitative estimate of drug-likeness (QED) is 0.616. The summed E-state index contributed by atoms with van der Waals surface area (Å²) < 4.78 is 5.46. The number of β-amino-alcohol motifs (C(OH)–C–C–N with tert-alkyl or cyclic N) is 1. The van der Waals surface area contributed by atoms with Crippen molar-refractivity contribution in [2.24, 2.45) is 0 Å². The summed E-state index contributed by atoms with van der Waals surface area (Å²) in [4.78, 5) is 10.4. The molecule has 1 rings (SSSR count). The molecule has 1 atom stereocenters. The third-order valence-corrected chi connectivity index (χ3v) is 2.75. The summed E-state index contributed by atoms with van der Waals surface area (Å²) in [6.07, 6.45) is -0.673. The number of ether oxygens (including phenoxy) is 1. The molecule has 0 aliphatic heterocycles.